The number of carbonyl (C=O) groups is 3. The van der Waals surface area contributed by atoms with Crippen LogP contribution < -0.4 is 10.6 Å². The second kappa shape index (κ2) is 12.6. The summed E-state index contributed by atoms with van der Waals surface area (Å²) < 4.78 is 45.3. The number of carboxylic acids is 1. The second-order valence-corrected chi connectivity index (χ2v) is 8.21. The zero-order valence-corrected chi connectivity index (χ0v) is 19.6. The fraction of sp³-hybridized carbons (Fsp3) is 0.222. The number of carboxylic acid groups (broad SMARTS) is 1. The summed E-state index contributed by atoms with van der Waals surface area (Å²) in [7, 11) is 0. The molecule has 0 unspecified atom stereocenters. The fourth-order valence-corrected chi connectivity index (χ4v) is 3.63. The lowest BCUT2D eigenvalue weighted by atomic mass is 9.99. The van der Waals surface area contributed by atoms with E-state index in [2.05, 4.69) is 10.6 Å². The SMILES string of the molecule is O=C(N[C@H](Cc1ccccc1)C(=O)N[C@H](Cc1ccccc1C(F)(F)F)C(=O)O)OCc1ccccc1. The van der Waals surface area contributed by atoms with Crippen LogP contribution in [0.4, 0.5) is 18.0 Å². The predicted molar refractivity (Wildman–Crippen MR) is 128 cm³/mol. The maximum Gasteiger partial charge on any atom is 0.416 e. The third-order valence-electron chi connectivity index (χ3n) is 5.47. The number of rotatable bonds is 10. The first-order valence-corrected chi connectivity index (χ1v) is 11.3. The molecule has 0 saturated carbocycles. The molecule has 0 aliphatic heterocycles. The molecule has 0 aliphatic carbocycles. The van der Waals surface area contributed by atoms with E-state index >= 15 is 0 Å². The molecule has 3 rings (SSSR count). The number of carbonyl (C=O) groups excluding carboxylic acids is 2. The van der Waals surface area contributed by atoms with Gasteiger partial charge in [-0.3, -0.25) is 4.79 Å². The van der Waals surface area contributed by atoms with Crippen LogP contribution in [0.1, 0.15) is 22.3 Å². The van der Waals surface area contributed by atoms with Crippen LogP contribution in [-0.4, -0.2) is 35.2 Å². The Hall–Kier alpha value is -4.34. The summed E-state index contributed by atoms with van der Waals surface area (Å²) in [6.45, 7) is -0.0572. The Balaban J connectivity index is 1.75. The summed E-state index contributed by atoms with van der Waals surface area (Å²) in [6.07, 6.45) is -6.20. The molecule has 0 bridgehead atoms. The zero-order chi connectivity index (χ0) is 26.8. The van der Waals surface area contributed by atoms with Gasteiger partial charge in [0, 0.05) is 12.8 Å². The predicted octanol–water partition coefficient (Wildman–Crippen LogP) is 4.36. The number of alkyl halides is 3. The lowest BCUT2D eigenvalue weighted by molar-refractivity contribution is -0.143. The van der Waals surface area contributed by atoms with Crippen molar-refractivity contribution in [2.45, 2.75) is 37.7 Å². The highest BCUT2D eigenvalue weighted by Crippen LogP contribution is 2.32. The number of nitrogens with one attached hydrogen (secondary N) is 2. The average molecular weight is 515 g/mol. The van der Waals surface area contributed by atoms with Gasteiger partial charge in [0.2, 0.25) is 5.91 Å². The molecule has 10 heteroatoms. The molecule has 0 saturated heterocycles. The van der Waals surface area contributed by atoms with Gasteiger partial charge in [0.05, 0.1) is 5.56 Å². The Morgan fingerprint density at radius 1 is 0.757 bits per heavy atom. The Morgan fingerprint density at radius 3 is 1.92 bits per heavy atom. The first-order valence-electron chi connectivity index (χ1n) is 11.3. The summed E-state index contributed by atoms with van der Waals surface area (Å²) in [6, 6.07) is 19.1. The summed E-state index contributed by atoms with van der Waals surface area (Å²) >= 11 is 0. The zero-order valence-electron chi connectivity index (χ0n) is 19.6. The summed E-state index contributed by atoms with van der Waals surface area (Å²) in [5, 5.41) is 14.3. The topological polar surface area (TPSA) is 105 Å². The lowest BCUT2D eigenvalue weighted by Gasteiger charge is -2.22. The van der Waals surface area contributed by atoms with Crippen molar-refractivity contribution in [3.63, 3.8) is 0 Å². The number of halogens is 3. The van der Waals surface area contributed by atoms with E-state index in [1.807, 2.05) is 0 Å². The van der Waals surface area contributed by atoms with Gasteiger partial charge in [-0.15, -0.1) is 0 Å². The molecule has 2 amide bonds. The second-order valence-electron chi connectivity index (χ2n) is 8.21. The first-order chi connectivity index (χ1) is 17.6. The third-order valence-corrected chi connectivity index (χ3v) is 5.47. The van der Waals surface area contributed by atoms with Crippen LogP contribution >= 0.6 is 0 Å². The van der Waals surface area contributed by atoms with Gasteiger partial charge in [-0.2, -0.15) is 13.2 Å². The fourth-order valence-electron chi connectivity index (χ4n) is 3.63. The van der Waals surface area contributed by atoms with E-state index in [9.17, 15) is 32.7 Å². The van der Waals surface area contributed by atoms with Crippen molar-refractivity contribution in [2.75, 3.05) is 0 Å². The molecule has 0 fully saturated rings. The van der Waals surface area contributed by atoms with Crippen molar-refractivity contribution >= 4 is 18.0 Å². The van der Waals surface area contributed by atoms with Gasteiger partial charge in [0.15, 0.2) is 0 Å². The number of ether oxygens (including phenoxy) is 1. The van der Waals surface area contributed by atoms with Gasteiger partial charge >= 0.3 is 18.2 Å². The average Bonchev–Trinajstić information content (AvgIpc) is 2.87. The lowest BCUT2D eigenvalue weighted by Crippen LogP contribution is -2.53. The van der Waals surface area contributed by atoms with E-state index in [1.165, 1.54) is 12.1 Å². The van der Waals surface area contributed by atoms with Crippen LogP contribution in [0.25, 0.3) is 0 Å². The highest BCUT2D eigenvalue weighted by atomic mass is 19.4. The van der Waals surface area contributed by atoms with Crippen molar-refractivity contribution in [1.82, 2.24) is 10.6 Å². The minimum Gasteiger partial charge on any atom is -0.480 e. The largest absolute Gasteiger partial charge is 0.480 e. The monoisotopic (exact) mass is 514 g/mol. The van der Waals surface area contributed by atoms with Crippen molar-refractivity contribution in [1.29, 1.82) is 0 Å². The van der Waals surface area contributed by atoms with Gasteiger partial charge in [0.25, 0.3) is 0 Å². The maximum absolute atomic E-state index is 13.4. The Labute approximate surface area is 211 Å². The summed E-state index contributed by atoms with van der Waals surface area (Å²) in [4.78, 5) is 37.4. The number of alkyl carbamates (subject to hydrolysis) is 1. The van der Waals surface area contributed by atoms with E-state index in [4.69, 9.17) is 4.74 Å². The van der Waals surface area contributed by atoms with Crippen LogP contribution in [0, 0.1) is 0 Å². The Kier molecular flexibility index (Phi) is 9.26. The highest BCUT2D eigenvalue weighted by Gasteiger charge is 2.35. The molecule has 0 spiro atoms. The molecule has 0 aliphatic rings. The standard InChI is InChI=1S/C27H25F3N2O5/c28-27(29,30)21-14-8-7-13-20(21)16-23(25(34)35)31-24(33)22(15-18-9-3-1-4-10-18)32-26(36)37-17-19-11-5-2-6-12-19/h1-14,22-23H,15-17H2,(H,31,33)(H,32,36)(H,34,35)/t22-,23-/m1/s1. The highest BCUT2D eigenvalue weighted by molar-refractivity contribution is 5.89. The van der Waals surface area contributed by atoms with Gasteiger partial charge < -0.3 is 20.5 Å². The quantitative estimate of drug-likeness (QED) is 0.373. The van der Waals surface area contributed by atoms with Crippen LogP contribution in [0.3, 0.4) is 0 Å². The van der Waals surface area contributed by atoms with E-state index in [0.717, 1.165) is 17.7 Å². The Bertz CT molecular complexity index is 1200. The number of benzene rings is 3. The van der Waals surface area contributed by atoms with Gasteiger partial charge in [-0.25, -0.2) is 9.59 Å². The molecule has 0 aromatic heterocycles. The van der Waals surface area contributed by atoms with Gasteiger partial charge in [-0.1, -0.05) is 78.9 Å². The molecule has 37 heavy (non-hydrogen) atoms. The third kappa shape index (κ3) is 8.38. The van der Waals surface area contributed by atoms with E-state index in [1.54, 1.807) is 60.7 Å². The minimum atomic E-state index is -4.69. The van der Waals surface area contributed by atoms with Crippen molar-refractivity contribution in [3.8, 4) is 0 Å². The summed E-state index contributed by atoms with van der Waals surface area (Å²) in [5.74, 6) is -2.40. The summed E-state index contributed by atoms with van der Waals surface area (Å²) in [5.41, 5.74) is 0.118. The normalized spacial score (nSPS) is 12.7. The Morgan fingerprint density at radius 2 is 1.32 bits per heavy atom. The van der Waals surface area contributed by atoms with Crippen molar-refractivity contribution in [2.24, 2.45) is 0 Å². The molecule has 3 aromatic carbocycles. The molecule has 2 atom stereocenters. The van der Waals surface area contributed by atoms with Crippen LogP contribution in [0.5, 0.6) is 0 Å². The first kappa shape index (κ1) is 27.3. The molecule has 3 N–H and O–H groups in total. The van der Waals surface area contributed by atoms with E-state index in [0.29, 0.717) is 5.56 Å². The maximum atomic E-state index is 13.4. The van der Waals surface area contributed by atoms with Crippen LogP contribution in [0.15, 0.2) is 84.9 Å². The number of hydrogen-bond donors (Lipinski definition) is 3. The molecule has 3 aromatic rings. The van der Waals surface area contributed by atoms with E-state index in [-0.39, 0.29) is 18.6 Å². The molecule has 0 radical (unpaired) electrons. The molecular formula is C27H25F3N2O5. The smallest absolute Gasteiger partial charge is 0.416 e. The van der Waals surface area contributed by atoms with Crippen LogP contribution in [0.2, 0.25) is 0 Å². The van der Waals surface area contributed by atoms with Crippen molar-refractivity contribution in [3.05, 3.63) is 107 Å². The molecular weight excluding hydrogens is 489 g/mol. The van der Waals surface area contributed by atoms with E-state index < -0.39 is 48.2 Å². The minimum absolute atomic E-state index is 0.00140. The van der Waals surface area contributed by atoms with Crippen molar-refractivity contribution < 1.29 is 37.4 Å². The molecule has 194 valence electrons. The number of aliphatic carboxylic acids is 1. The molecule has 0 heterocycles. The molecule has 7 nitrogen and oxygen atoms in total. The van der Waals surface area contributed by atoms with Crippen LogP contribution in [-0.2, 0) is 40.0 Å². The number of amides is 2. The van der Waals surface area contributed by atoms with Gasteiger partial charge in [-0.05, 0) is 22.8 Å². The number of hydrogen-bond acceptors (Lipinski definition) is 4. The van der Waals surface area contributed by atoms with Gasteiger partial charge in [0.1, 0.15) is 18.7 Å².